The van der Waals surface area contributed by atoms with Gasteiger partial charge in [0.15, 0.2) is 11.5 Å². The first-order chi connectivity index (χ1) is 11.1. The molecule has 0 spiro atoms. The summed E-state index contributed by atoms with van der Waals surface area (Å²) in [5.74, 6) is 0.814. The van der Waals surface area contributed by atoms with Gasteiger partial charge in [0.05, 0.1) is 25.3 Å². The van der Waals surface area contributed by atoms with Crippen molar-refractivity contribution in [3.05, 3.63) is 52.4 Å². The van der Waals surface area contributed by atoms with Gasteiger partial charge in [-0.15, -0.1) is 0 Å². The van der Waals surface area contributed by atoms with Crippen molar-refractivity contribution in [1.82, 2.24) is 9.97 Å². The van der Waals surface area contributed by atoms with Crippen LogP contribution in [0.4, 0.5) is 5.69 Å². The quantitative estimate of drug-likeness (QED) is 0.687. The smallest absolute Gasteiger partial charge is 0.323 e. The molecular formula is C16H15N3O4. The molecule has 0 aliphatic heterocycles. The fourth-order valence-corrected chi connectivity index (χ4v) is 2.29. The molecule has 118 valence electrons. The second kappa shape index (κ2) is 5.88. The van der Waals surface area contributed by atoms with Crippen LogP contribution >= 0.6 is 0 Å². The van der Waals surface area contributed by atoms with Crippen LogP contribution in [-0.2, 0) is 0 Å². The molecule has 2 aromatic carbocycles. The zero-order chi connectivity index (χ0) is 16.4. The Labute approximate surface area is 131 Å². The van der Waals surface area contributed by atoms with Crippen molar-refractivity contribution in [3.63, 3.8) is 0 Å². The van der Waals surface area contributed by atoms with Crippen LogP contribution in [-0.4, -0.2) is 30.1 Å². The number of nitrogens with one attached hydrogen (secondary N) is 3. The molecule has 0 fully saturated rings. The lowest BCUT2D eigenvalue weighted by Gasteiger charge is -2.10. The summed E-state index contributed by atoms with van der Waals surface area (Å²) in [6, 6.07) is 10.0. The van der Waals surface area contributed by atoms with Crippen molar-refractivity contribution < 1.29 is 14.3 Å². The molecule has 0 bridgehead atoms. The maximum absolute atomic E-state index is 12.3. The third-order valence-electron chi connectivity index (χ3n) is 3.42. The van der Waals surface area contributed by atoms with Crippen LogP contribution in [0.3, 0.4) is 0 Å². The number of fused-ring (bicyclic) bond motifs is 1. The predicted molar refractivity (Wildman–Crippen MR) is 86.4 cm³/mol. The monoisotopic (exact) mass is 313 g/mol. The number of hydrogen-bond acceptors (Lipinski definition) is 4. The number of rotatable bonds is 4. The van der Waals surface area contributed by atoms with Crippen molar-refractivity contribution >= 4 is 22.6 Å². The highest BCUT2D eigenvalue weighted by Crippen LogP contribution is 2.29. The summed E-state index contributed by atoms with van der Waals surface area (Å²) in [5, 5.41) is 2.78. The number of hydrogen-bond donors (Lipinski definition) is 3. The summed E-state index contributed by atoms with van der Waals surface area (Å²) < 4.78 is 10.4. The summed E-state index contributed by atoms with van der Waals surface area (Å²) in [6.45, 7) is 0. The van der Waals surface area contributed by atoms with Gasteiger partial charge in [0, 0.05) is 17.3 Å². The molecule has 0 unspecified atom stereocenters. The van der Waals surface area contributed by atoms with Gasteiger partial charge >= 0.3 is 5.69 Å². The second-order valence-electron chi connectivity index (χ2n) is 4.86. The maximum atomic E-state index is 12.3. The number of ether oxygens (including phenoxy) is 2. The van der Waals surface area contributed by atoms with Gasteiger partial charge in [-0.1, -0.05) is 0 Å². The van der Waals surface area contributed by atoms with E-state index in [9.17, 15) is 9.59 Å². The molecule has 7 nitrogen and oxygen atoms in total. The fraction of sp³-hybridized carbons (Fsp3) is 0.125. The molecule has 3 aromatic rings. The molecule has 1 amide bonds. The lowest BCUT2D eigenvalue weighted by atomic mass is 10.2. The van der Waals surface area contributed by atoms with Crippen LogP contribution in [0.15, 0.2) is 41.2 Å². The van der Waals surface area contributed by atoms with Gasteiger partial charge in [0.2, 0.25) is 0 Å². The standard InChI is InChI=1S/C16H15N3O4/c1-22-13-6-4-10(8-14(13)23-2)17-15(20)9-3-5-11-12(7-9)19-16(21)18-11/h3-8H,1-2H3,(H,17,20)(H2,18,19,21). The molecule has 1 heterocycles. The van der Waals surface area contributed by atoms with Crippen LogP contribution in [0.2, 0.25) is 0 Å². The number of aromatic amines is 2. The number of H-pyrrole nitrogens is 2. The topological polar surface area (TPSA) is 96.2 Å². The Morgan fingerprint density at radius 1 is 0.957 bits per heavy atom. The van der Waals surface area contributed by atoms with Crippen LogP contribution in [0, 0.1) is 0 Å². The van der Waals surface area contributed by atoms with Crippen LogP contribution in [0.5, 0.6) is 11.5 Å². The maximum Gasteiger partial charge on any atom is 0.323 e. The van der Waals surface area contributed by atoms with E-state index < -0.39 is 0 Å². The summed E-state index contributed by atoms with van der Waals surface area (Å²) in [5.41, 5.74) is 1.93. The Morgan fingerprint density at radius 2 is 1.70 bits per heavy atom. The first kappa shape index (κ1) is 14.7. The van der Waals surface area contributed by atoms with E-state index in [0.717, 1.165) is 0 Å². The van der Waals surface area contributed by atoms with E-state index in [1.54, 1.807) is 43.5 Å². The van der Waals surface area contributed by atoms with Gasteiger partial charge in [-0.05, 0) is 30.3 Å². The van der Waals surface area contributed by atoms with E-state index in [2.05, 4.69) is 15.3 Å². The largest absolute Gasteiger partial charge is 0.493 e. The number of methoxy groups -OCH3 is 2. The first-order valence-corrected chi connectivity index (χ1v) is 6.86. The Morgan fingerprint density at radius 3 is 2.43 bits per heavy atom. The van der Waals surface area contributed by atoms with Crippen molar-refractivity contribution in [2.75, 3.05) is 19.5 Å². The Kier molecular flexibility index (Phi) is 3.76. The van der Waals surface area contributed by atoms with E-state index in [4.69, 9.17) is 9.47 Å². The van der Waals surface area contributed by atoms with Gasteiger partial charge in [0.25, 0.3) is 5.91 Å². The first-order valence-electron chi connectivity index (χ1n) is 6.86. The predicted octanol–water partition coefficient (Wildman–Crippen LogP) is 2.13. The molecule has 0 aliphatic carbocycles. The highest BCUT2D eigenvalue weighted by Gasteiger charge is 2.10. The molecule has 3 N–H and O–H groups in total. The molecule has 0 saturated heterocycles. The molecule has 0 saturated carbocycles. The van der Waals surface area contributed by atoms with Crippen molar-refractivity contribution in [2.45, 2.75) is 0 Å². The third-order valence-corrected chi connectivity index (χ3v) is 3.42. The van der Waals surface area contributed by atoms with Crippen LogP contribution in [0.1, 0.15) is 10.4 Å². The van der Waals surface area contributed by atoms with E-state index in [1.165, 1.54) is 7.11 Å². The van der Waals surface area contributed by atoms with E-state index in [0.29, 0.717) is 33.8 Å². The molecule has 23 heavy (non-hydrogen) atoms. The van der Waals surface area contributed by atoms with Gasteiger partial charge < -0.3 is 24.8 Å². The number of amides is 1. The van der Waals surface area contributed by atoms with E-state index >= 15 is 0 Å². The highest BCUT2D eigenvalue weighted by molar-refractivity contribution is 6.06. The number of carbonyl (C=O) groups is 1. The highest BCUT2D eigenvalue weighted by atomic mass is 16.5. The van der Waals surface area contributed by atoms with Gasteiger partial charge in [0.1, 0.15) is 0 Å². The average Bonchev–Trinajstić information content (AvgIpc) is 2.93. The van der Waals surface area contributed by atoms with E-state index in [-0.39, 0.29) is 11.6 Å². The van der Waals surface area contributed by atoms with Crippen LogP contribution in [0.25, 0.3) is 11.0 Å². The summed E-state index contributed by atoms with van der Waals surface area (Å²) >= 11 is 0. The lowest BCUT2D eigenvalue weighted by molar-refractivity contribution is 0.102. The normalized spacial score (nSPS) is 10.5. The Bertz CT molecular complexity index is 926. The second-order valence-corrected chi connectivity index (χ2v) is 4.86. The summed E-state index contributed by atoms with van der Waals surface area (Å²) in [6.07, 6.45) is 0. The SMILES string of the molecule is COc1ccc(NC(=O)c2ccc3[nH]c(=O)[nH]c3c2)cc1OC. The number of benzene rings is 2. The van der Waals surface area contributed by atoms with Gasteiger partial charge in [-0.2, -0.15) is 0 Å². The molecular weight excluding hydrogens is 298 g/mol. The zero-order valence-electron chi connectivity index (χ0n) is 12.6. The van der Waals surface area contributed by atoms with Gasteiger partial charge in [-0.3, -0.25) is 4.79 Å². The molecule has 0 radical (unpaired) electrons. The fourth-order valence-electron chi connectivity index (χ4n) is 2.29. The number of carbonyl (C=O) groups excluding carboxylic acids is 1. The zero-order valence-corrected chi connectivity index (χ0v) is 12.6. The molecule has 0 atom stereocenters. The van der Waals surface area contributed by atoms with Crippen molar-refractivity contribution in [3.8, 4) is 11.5 Å². The molecule has 7 heteroatoms. The molecule has 0 aliphatic rings. The lowest BCUT2D eigenvalue weighted by Crippen LogP contribution is -2.11. The summed E-state index contributed by atoms with van der Waals surface area (Å²) in [7, 11) is 3.07. The minimum atomic E-state index is -0.308. The average molecular weight is 313 g/mol. The Balaban J connectivity index is 1.86. The number of anilines is 1. The molecule has 3 rings (SSSR count). The third kappa shape index (κ3) is 2.89. The summed E-state index contributed by atoms with van der Waals surface area (Å²) in [4.78, 5) is 28.8. The minimum Gasteiger partial charge on any atom is -0.493 e. The van der Waals surface area contributed by atoms with E-state index in [1.807, 2.05) is 0 Å². The van der Waals surface area contributed by atoms with Crippen LogP contribution < -0.4 is 20.5 Å². The Hall–Kier alpha value is -3.22. The molecule has 1 aromatic heterocycles. The number of imidazole rings is 1. The van der Waals surface area contributed by atoms with Crippen molar-refractivity contribution in [1.29, 1.82) is 0 Å². The minimum absolute atomic E-state index is 0.291. The van der Waals surface area contributed by atoms with Gasteiger partial charge in [-0.25, -0.2) is 4.79 Å². The number of aromatic nitrogens is 2. The van der Waals surface area contributed by atoms with Crippen molar-refractivity contribution in [2.24, 2.45) is 0 Å².